The number of carbonyl (C=O) groups excluding carboxylic acids is 3. The van der Waals surface area contributed by atoms with E-state index in [1.165, 1.54) is 19.8 Å². The van der Waals surface area contributed by atoms with Crippen LogP contribution in [-0.4, -0.2) is 40.1 Å². The molecule has 5 aliphatic rings. The predicted octanol–water partition coefficient (Wildman–Crippen LogP) is 5.87. The molecule has 0 aromatic rings. The van der Waals surface area contributed by atoms with Gasteiger partial charge in [-0.3, -0.25) is 14.4 Å². The van der Waals surface area contributed by atoms with E-state index in [-0.39, 0.29) is 29.6 Å². The molecular weight excluding hydrogens is 480 g/mol. The Morgan fingerprint density at radius 1 is 1.05 bits per heavy atom. The first-order chi connectivity index (χ1) is 17.4. The molecular formula is C32H50O6. The van der Waals surface area contributed by atoms with Crippen molar-refractivity contribution in [3.8, 4) is 0 Å². The molecule has 6 nitrogen and oxygen atoms in total. The molecule has 10 atom stereocenters. The average Bonchev–Trinajstić information content (AvgIpc) is 3.26. The van der Waals surface area contributed by atoms with E-state index in [9.17, 15) is 19.5 Å². The maximum absolute atomic E-state index is 14.6. The monoisotopic (exact) mass is 530 g/mol. The smallest absolute Gasteiger partial charge is 0.302 e. The number of carbonyl (C=O) groups is 3. The highest BCUT2D eigenvalue weighted by atomic mass is 16.7. The topological polar surface area (TPSA) is 89.9 Å². The fourth-order valence-electron chi connectivity index (χ4n) is 10.8. The summed E-state index contributed by atoms with van der Waals surface area (Å²) in [4.78, 5) is 41.1. The van der Waals surface area contributed by atoms with Crippen molar-refractivity contribution in [1.82, 2.24) is 0 Å². The minimum absolute atomic E-state index is 0.0139. The normalized spacial score (nSPS) is 49.6. The fraction of sp³-hybridized carbons (Fsp3) is 0.906. The predicted molar refractivity (Wildman–Crippen MR) is 144 cm³/mol. The lowest BCUT2D eigenvalue weighted by molar-refractivity contribution is -0.325. The van der Waals surface area contributed by atoms with Crippen LogP contribution in [0.5, 0.6) is 0 Å². The minimum Gasteiger partial charge on any atom is -0.462 e. The maximum atomic E-state index is 14.6. The molecule has 0 radical (unpaired) electrons. The third kappa shape index (κ3) is 3.22. The first-order valence-corrected chi connectivity index (χ1v) is 15.1. The standard InChI is InChI=1S/C32H50O6/c1-18(2)11-10-12-19(3)21-13-16-30(9)29(21,8)17-31-23(25(34)32(30,36)38-31)24-27(5,6)22(37-20(4)33)14-15-28(24,7)26(31)35/h18-19,21-24,36H,10-17H2,1-9H3/t19-,21?,22+,23+,24?,28+,29-,30?,31?,32+/m0/s1. The second-order valence-corrected chi connectivity index (χ2v) is 15.5. The van der Waals surface area contributed by atoms with E-state index in [1.54, 1.807) is 0 Å². The van der Waals surface area contributed by atoms with E-state index >= 15 is 0 Å². The molecule has 2 saturated heterocycles. The summed E-state index contributed by atoms with van der Waals surface area (Å²) in [7, 11) is 0. The molecule has 1 N–H and O–H groups in total. The molecule has 5 fully saturated rings. The van der Waals surface area contributed by atoms with Gasteiger partial charge < -0.3 is 14.6 Å². The van der Waals surface area contributed by atoms with Crippen LogP contribution in [0.3, 0.4) is 0 Å². The Kier molecular flexibility index (Phi) is 6.23. The zero-order chi connectivity index (χ0) is 28.3. The van der Waals surface area contributed by atoms with E-state index < -0.39 is 39.0 Å². The molecule has 2 heterocycles. The second-order valence-electron chi connectivity index (χ2n) is 15.5. The van der Waals surface area contributed by atoms with Crippen LogP contribution >= 0.6 is 0 Å². The van der Waals surface area contributed by atoms with E-state index in [0.717, 1.165) is 12.8 Å². The van der Waals surface area contributed by atoms with Crippen LogP contribution in [0.4, 0.5) is 0 Å². The third-order valence-corrected chi connectivity index (χ3v) is 12.8. The highest BCUT2D eigenvalue weighted by Gasteiger charge is 2.87. The Labute approximate surface area is 229 Å². The van der Waals surface area contributed by atoms with E-state index in [0.29, 0.717) is 43.4 Å². The first kappa shape index (κ1) is 28.3. The van der Waals surface area contributed by atoms with Gasteiger partial charge >= 0.3 is 5.97 Å². The molecule has 0 amide bonds. The molecule has 214 valence electrons. The number of Topliss-reactive ketones (excluding diaryl/α,β-unsaturated/α-hetero) is 2. The molecule has 6 heteroatoms. The molecule has 4 unspecified atom stereocenters. The number of ketones is 2. The van der Waals surface area contributed by atoms with Gasteiger partial charge in [0.15, 0.2) is 11.6 Å². The van der Waals surface area contributed by atoms with Gasteiger partial charge in [-0.15, -0.1) is 0 Å². The van der Waals surface area contributed by atoms with Crippen LogP contribution in [0, 0.1) is 51.2 Å². The van der Waals surface area contributed by atoms with Crippen molar-refractivity contribution < 1.29 is 29.0 Å². The van der Waals surface area contributed by atoms with Crippen LogP contribution in [0.2, 0.25) is 0 Å². The van der Waals surface area contributed by atoms with Gasteiger partial charge in [0, 0.05) is 23.2 Å². The van der Waals surface area contributed by atoms with Gasteiger partial charge in [0.1, 0.15) is 11.7 Å². The second kappa shape index (κ2) is 8.38. The molecule has 38 heavy (non-hydrogen) atoms. The van der Waals surface area contributed by atoms with E-state index in [1.807, 2.05) is 27.7 Å². The average molecular weight is 531 g/mol. The Morgan fingerprint density at radius 3 is 2.32 bits per heavy atom. The summed E-state index contributed by atoms with van der Waals surface area (Å²) in [6, 6.07) is 0. The summed E-state index contributed by atoms with van der Waals surface area (Å²) >= 11 is 0. The number of rotatable bonds is 6. The number of esters is 1. The summed E-state index contributed by atoms with van der Waals surface area (Å²) in [5.74, 6) is -2.32. The Bertz CT molecular complexity index is 1050. The van der Waals surface area contributed by atoms with Crippen molar-refractivity contribution >= 4 is 17.5 Å². The van der Waals surface area contributed by atoms with Gasteiger partial charge in [-0.25, -0.2) is 0 Å². The largest absolute Gasteiger partial charge is 0.462 e. The molecule has 2 bridgehead atoms. The van der Waals surface area contributed by atoms with Gasteiger partial charge in [0.2, 0.25) is 5.79 Å². The Morgan fingerprint density at radius 2 is 1.71 bits per heavy atom. The van der Waals surface area contributed by atoms with Crippen molar-refractivity contribution in [1.29, 1.82) is 0 Å². The van der Waals surface area contributed by atoms with Gasteiger partial charge in [-0.1, -0.05) is 74.7 Å². The van der Waals surface area contributed by atoms with Crippen molar-refractivity contribution in [2.24, 2.45) is 51.2 Å². The van der Waals surface area contributed by atoms with Gasteiger partial charge in [0.05, 0.1) is 5.92 Å². The SMILES string of the molecule is CC(=O)O[C@@H]1CC[C@@]2(C)C(=O)C34C[C@@]5(C)C([C@@H](C)CCCC(C)C)CCC5(C)[C@](O)(O3)C(=O)[C@H]4C2C1(C)C. The maximum Gasteiger partial charge on any atom is 0.302 e. The van der Waals surface area contributed by atoms with Crippen LogP contribution in [-0.2, 0) is 23.9 Å². The lowest BCUT2D eigenvalue weighted by Gasteiger charge is -2.58. The van der Waals surface area contributed by atoms with Crippen LogP contribution < -0.4 is 0 Å². The van der Waals surface area contributed by atoms with Crippen molar-refractivity contribution in [2.45, 2.75) is 131 Å². The zero-order valence-corrected chi connectivity index (χ0v) is 25.1. The van der Waals surface area contributed by atoms with Gasteiger partial charge in [0.25, 0.3) is 0 Å². The molecule has 1 spiro atoms. The number of hydrogen-bond donors (Lipinski definition) is 1. The number of aliphatic hydroxyl groups is 1. The van der Waals surface area contributed by atoms with Gasteiger partial charge in [-0.05, 0) is 61.2 Å². The fourth-order valence-corrected chi connectivity index (χ4v) is 10.8. The molecule has 5 rings (SSSR count). The molecule has 0 aromatic heterocycles. The molecule has 2 aliphatic heterocycles. The quantitative estimate of drug-likeness (QED) is 0.432. The Hall–Kier alpha value is -1.27. The van der Waals surface area contributed by atoms with E-state index in [4.69, 9.17) is 9.47 Å². The van der Waals surface area contributed by atoms with Crippen LogP contribution in [0.15, 0.2) is 0 Å². The van der Waals surface area contributed by atoms with Crippen molar-refractivity contribution in [2.75, 3.05) is 0 Å². The Balaban J connectivity index is 1.58. The minimum atomic E-state index is -1.97. The lowest BCUT2D eigenvalue weighted by Crippen LogP contribution is -2.66. The lowest BCUT2D eigenvalue weighted by atomic mass is 9.52. The van der Waals surface area contributed by atoms with Crippen LogP contribution in [0.25, 0.3) is 0 Å². The summed E-state index contributed by atoms with van der Waals surface area (Å²) < 4.78 is 12.3. The molecule has 0 aromatic carbocycles. The summed E-state index contributed by atoms with van der Waals surface area (Å²) in [5, 5.41) is 12.3. The van der Waals surface area contributed by atoms with E-state index in [2.05, 4.69) is 27.7 Å². The molecule has 3 aliphatic carbocycles. The highest BCUT2D eigenvalue weighted by molar-refractivity contribution is 6.08. The number of fused-ring (bicyclic) bond motifs is 5. The summed E-state index contributed by atoms with van der Waals surface area (Å²) in [6.07, 6.45) is 6.35. The zero-order valence-electron chi connectivity index (χ0n) is 25.1. The molecule has 3 saturated carbocycles. The first-order valence-electron chi connectivity index (χ1n) is 15.1. The summed E-state index contributed by atoms with van der Waals surface area (Å²) in [5.41, 5.74) is -3.85. The number of hydrogen-bond acceptors (Lipinski definition) is 6. The summed E-state index contributed by atoms with van der Waals surface area (Å²) in [6.45, 7) is 18.6. The van der Waals surface area contributed by atoms with Crippen molar-refractivity contribution in [3.63, 3.8) is 0 Å². The van der Waals surface area contributed by atoms with Gasteiger partial charge in [-0.2, -0.15) is 0 Å². The van der Waals surface area contributed by atoms with Crippen LogP contribution in [0.1, 0.15) is 114 Å². The number of ether oxygens (including phenoxy) is 2. The third-order valence-electron chi connectivity index (χ3n) is 12.8. The van der Waals surface area contributed by atoms with Crippen molar-refractivity contribution in [3.05, 3.63) is 0 Å². The highest BCUT2D eigenvalue weighted by Crippen LogP contribution is 2.78.